The monoisotopic (exact) mass is 409 g/mol. The molecular weight excluding hydrogens is 397 g/mol. The summed E-state index contributed by atoms with van der Waals surface area (Å²) in [4.78, 5) is 12.3. The van der Waals surface area contributed by atoms with Crippen LogP contribution in [0.25, 0.3) is 0 Å². The van der Waals surface area contributed by atoms with Crippen molar-refractivity contribution < 1.29 is 36.2 Å². The zero-order valence-corrected chi connectivity index (χ0v) is 14.5. The van der Waals surface area contributed by atoms with Crippen LogP contribution in [0.5, 0.6) is 5.75 Å². The summed E-state index contributed by atoms with van der Waals surface area (Å²) < 4.78 is 75.4. The summed E-state index contributed by atoms with van der Waals surface area (Å²) in [6, 6.07) is 3.61. The predicted octanol–water partition coefficient (Wildman–Crippen LogP) is 4.91. The second-order valence-electron chi connectivity index (χ2n) is 5.25. The van der Waals surface area contributed by atoms with Crippen LogP contribution in [0.2, 0.25) is 5.02 Å². The van der Waals surface area contributed by atoms with E-state index in [2.05, 4.69) is 5.32 Å². The molecule has 0 unspecified atom stereocenters. The summed E-state index contributed by atoms with van der Waals surface area (Å²) in [7, 11) is 1.41. The molecule has 0 spiro atoms. The van der Waals surface area contributed by atoms with Crippen molar-refractivity contribution in [1.29, 1.82) is 0 Å². The van der Waals surface area contributed by atoms with Crippen molar-refractivity contribution in [3.05, 3.63) is 58.1 Å². The number of benzene rings is 2. The summed E-state index contributed by atoms with van der Waals surface area (Å²) in [5.41, 5.74) is -1.80. The maximum absolute atomic E-state index is 13.4. The quantitative estimate of drug-likeness (QED) is 0.419. The Bertz CT molecular complexity index is 842. The highest BCUT2D eigenvalue weighted by molar-refractivity contribution is 6.34. The number of rotatable bonds is 6. The second kappa shape index (κ2) is 8.53. The van der Waals surface area contributed by atoms with Crippen LogP contribution < -0.4 is 10.1 Å². The Hall–Kier alpha value is -2.39. The molecule has 0 radical (unpaired) electrons. The number of nitrogens with one attached hydrogen (secondary N) is 1. The van der Waals surface area contributed by atoms with E-state index in [1.165, 1.54) is 7.11 Å². The Morgan fingerprint density at radius 1 is 1.11 bits per heavy atom. The van der Waals surface area contributed by atoms with Crippen molar-refractivity contribution in [3.63, 3.8) is 0 Å². The van der Waals surface area contributed by atoms with Gasteiger partial charge >= 0.3 is 6.18 Å². The molecule has 2 aromatic carbocycles. The normalized spacial score (nSPS) is 11.4. The molecule has 0 saturated carbocycles. The Balaban J connectivity index is 2.36. The number of carbonyl (C=O) groups is 1. The van der Waals surface area contributed by atoms with Gasteiger partial charge in [0.1, 0.15) is 12.4 Å². The number of anilines is 1. The molecule has 0 bridgehead atoms. The van der Waals surface area contributed by atoms with Gasteiger partial charge in [0.05, 0.1) is 28.4 Å². The fraction of sp³-hybridized carbons (Fsp3) is 0.235. The molecular formula is C17H13ClF5NO3. The molecule has 146 valence electrons. The van der Waals surface area contributed by atoms with E-state index in [0.717, 1.165) is 12.1 Å². The summed E-state index contributed by atoms with van der Waals surface area (Å²) in [6.45, 7) is 0.167. The predicted molar refractivity (Wildman–Crippen MR) is 88.1 cm³/mol. The third-order valence-electron chi connectivity index (χ3n) is 3.35. The number of hydrogen-bond donors (Lipinski definition) is 1. The SMILES string of the molecule is COCCOc1ccc(C(F)(F)F)cc1NC(=O)c1cc(F)c(F)cc1Cl. The van der Waals surface area contributed by atoms with E-state index >= 15 is 0 Å². The van der Waals surface area contributed by atoms with E-state index in [-0.39, 0.29) is 24.7 Å². The van der Waals surface area contributed by atoms with Crippen LogP contribution in [-0.4, -0.2) is 26.2 Å². The van der Waals surface area contributed by atoms with E-state index in [9.17, 15) is 26.7 Å². The van der Waals surface area contributed by atoms with Gasteiger partial charge in [-0.05, 0) is 30.3 Å². The summed E-state index contributed by atoms with van der Waals surface area (Å²) >= 11 is 5.71. The molecule has 2 aromatic rings. The molecule has 0 aromatic heterocycles. The zero-order chi connectivity index (χ0) is 20.2. The first-order valence-corrected chi connectivity index (χ1v) is 7.80. The summed E-state index contributed by atoms with van der Waals surface area (Å²) in [5, 5.41) is 1.77. The molecule has 0 aliphatic heterocycles. The van der Waals surface area contributed by atoms with Gasteiger partial charge in [0.2, 0.25) is 0 Å². The minimum atomic E-state index is -4.66. The van der Waals surface area contributed by atoms with E-state index in [4.69, 9.17) is 21.1 Å². The van der Waals surface area contributed by atoms with Crippen LogP contribution in [0.3, 0.4) is 0 Å². The summed E-state index contributed by atoms with van der Waals surface area (Å²) in [5.74, 6) is -3.69. The second-order valence-corrected chi connectivity index (χ2v) is 5.66. The molecule has 1 amide bonds. The number of alkyl halides is 3. The highest BCUT2D eigenvalue weighted by Gasteiger charge is 2.31. The topological polar surface area (TPSA) is 47.6 Å². The Kier molecular flexibility index (Phi) is 6.61. The highest BCUT2D eigenvalue weighted by Crippen LogP contribution is 2.35. The van der Waals surface area contributed by atoms with Gasteiger partial charge in [-0.25, -0.2) is 8.78 Å². The fourth-order valence-corrected chi connectivity index (χ4v) is 2.29. The van der Waals surface area contributed by atoms with Crippen LogP contribution in [0, 0.1) is 11.6 Å². The lowest BCUT2D eigenvalue weighted by atomic mass is 10.1. The molecule has 0 fully saturated rings. The van der Waals surface area contributed by atoms with Gasteiger partial charge < -0.3 is 14.8 Å². The van der Waals surface area contributed by atoms with Crippen LogP contribution in [-0.2, 0) is 10.9 Å². The smallest absolute Gasteiger partial charge is 0.416 e. The molecule has 4 nitrogen and oxygen atoms in total. The minimum absolute atomic E-state index is 0.0106. The average molecular weight is 410 g/mol. The molecule has 2 rings (SSSR count). The third kappa shape index (κ3) is 5.30. The summed E-state index contributed by atoms with van der Waals surface area (Å²) in [6.07, 6.45) is -4.66. The third-order valence-corrected chi connectivity index (χ3v) is 3.67. The van der Waals surface area contributed by atoms with Crippen molar-refractivity contribution in [2.24, 2.45) is 0 Å². The van der Waals surface area contributed by atoms with Gasteiger partial charge in [-0.3, -0.25) is 4.79 Å². The number of methoxy groups -OCH3 is 1. The van der Waals surface area contributed by atoms with Gasteiger partial charge in [-0.15, -0.1) is 0 Å². The Labute approximate surface area is 155 Å². The highest BCUT2D eigenvalue weighted by atomic mass is 35.5. The number of ether oxygens (including phenoxy) is 2. The standard InChI is InChI=1S/C17H13ClF5NO3/c1-26-4-5-27-15-3-2-9(17(21,22)23)6-14(15)24-16(25)10-7-12(19)13(20)8-11(10)18/h2-3,6-8H,4-5H2,1H3,(H,24,25). The first-order chi connectivity index (χ1) is 12.6. The Morgan fingerprint density at radius 2 is 1.78 bits per heavy atom. The minimum Gasteiger partial charge on any atom is -0.489 e. The van der Waals surface area contributed by atoms with Gasteiger partial charge in [-0.2, -0.15) is 13.2 Å². The van der Waals surface area contributed by atoms with Crippen LogP contribution in [0.4, 0.5) is 27.6 Å². The maximum atomic E-state index is 13.4. The van der Waals surface area contributed by atoms with Crippen LogP contribution in [0.15, 0.2) is 30.3 Å². The van der Waals surface area contributed by atoms with E-state index in [1.807, 2.05) is 0 Å². The molecule has 10 heteroatoms. The van der Waals surface area contributed by atoms with E-state index in [1.54, 1.807) is 0 Å². The number of carbonyl (C=O) groups excluding carboxylic acids is 1. The number of hydrogen-bond acceptors (Lipinski definition) is 3. The van der Waals surface area contributed by atoms with Gasteiger partial charge in [0, 0.05) is 7.11 Å². The lowest BCUT2D eigenvalue weighted by Crippen LogP contribution is -2.16. The maximum Gasteiger partial charge on any atom is 0.416 e. The molecule has 0 saturated heterocycles. The fourth-order valence-electron chi connectivity index (χ4n) is 2.05. The van der Waals surface area contributed by atoms with Crippen LogP contribution >= 0.6 is 11.6 Å². The molecule has 0 heterocycles. The van der Waals surface area contributed by atoms with Gasteiger partial charge in [0.15, 0.2) is 11.6 Å². The zero-order valence-electron chi connectivity index (χ0n) is 13.8. The van der Waals surface area contributed by atoms with Crippen LogP contribution in [0.1, 0.15) is 15.9 Å². The molecule has 0 atom stereocenters. The molecule has 27 heavy (non-hydrogen) atoms. The lowest BCUT2D eigenvalue weighted by Gasteiger charge is -2.15. The molecule has 0 aliphatic rings. The van der Waals surface area contributed by atoms with Gasteiger partial charge in [-0.1, -0.05) is 11.6 Å². The van der Waals surface area contributed by atoms with Crippen molar-refractivity contribution in [1.82, 2.24) is 0 Å². The number of halogens is 6. The van der Waals surface area contributed by atoms with Crippen molar-refractivity contribution in [2.45, 2.75) is 6.18 Å². The molecule has 0 aliphatic carbocycles. The largest absolute Gasteiger partial charge is 0.489 e. The first-order valence-electron chi connectivity index (χ1n) is 7.42. The lowest BCUT2D eigenvalue weighted by molar-refractivity contribution is -0.137. The van der Waals surface area contributed by atoms with Crippen molar-refractivity contribution >= 4 is 23.2 Å². The van der Waals surface area contributed by atoms with Crippen molar-refractivity contribution in [2.75, 3.05) is 25.6 Å². The van der Waals surface area contributed by atoms with Gasteiger partial charge in [0.25, 0.3) is 5.91 Å². The average Bonchev–Trinajstić information content (AvgIpc) is 2.58. The number of amides is 1. The van der Waals surface area contributed by atoms with Crippen molar-refractivity contribution in [3.8, 4) is 5.75 Å². The first kappa shape index (κ1) is 20.9. The Morgan fingerprint density at radius 3 is 2.41 bits per heavy atom. The van der Waals surface area contributed by atoms with E-state index in [0.29, 0.717) is 18.2 Å². The molecule has 1 N–H and O–H groups in total. The van der Waals surface area contributed by atoms with E-state index < -0.39 is 39.9 Å².